The van der Waals surface area contributed by atoms with Crippen molar-refractivity contribution in [3.05, 3.63) is 126 Å². The van der Waals surface area contributed by atoms with E-state index in [0.29, 0.717) is 5.75 Å². The van der Waals surface area contributed by atoms with Crippen LogP contribution in [0.1, 0.15) is 22.7 Å². The lowest BCUT2D eigenvalue weighted by Crippen LogP contribution is -2.42. The average Bonchev–Trinajstić information content (AvgIpc) is 2.91. The molecule has 0 aromatic heterocycles. The lowest BCUT2D eigenvalue weighted by atomic mass is 9.99. The molecule has 0 saturated carbocycles. The van der Waals surface area contributed by atoms with E-state index in [2.05, 4.69) is 5.32 Å². The number of methoxy groups -OCH3 is 1. The standard InChI is InChI=1S/C29H28N2O4S/c1-22-17-19-25(20-18-22)36(33,34)31(26-15-9-10-16-27(26)35-2)21-28(32)30-29(23-11-5-3-6-12-23)24-13-7-4-8-14-24/h3-20,29H,21H2,1-2H3,(H,30,32). The third kappa shape index (κ3) is 5.58. The van der Waals surface area contributed by atoms with E-state index in [1.807, 2.05) is 67.6 Å². The van der Waals surface area contributed by atoms with Crippen LogP contribution in [0.25, 0.3) is 0 Å². The second kappa shape index (κ2) is 11.1. The lowest BCUT2D eigenvalue weighted by Gasteiger charge is -2.27. The molecule has 6 nitrogen and oxygen atoms in total. The summed E-state index contributed by atoms with van der Waals surface area (Å²) in [6, 6.07) is 32.0. The van der Waals surface area contributed by atoms with Crippen LogP contribution in [0, 0.1) is 6.92 Å². The first-order valence-corrected chi connectivity index (χ1v) is 13.0. The van der Waals surface area contributed by atoms with Gasteiger partial charge in [0.05, 0.1) is 23.7 Å². The molecule has 36 heavy (non-hydrogen) atoms. The van der Waals surface area contributed by atoms with E-state index in [0.717, 1.165) is 21.0 Å². The van der Waals surface area contributed by atoms with Crippen molar-refractivity contribution < 1.29 is 17.9 Å². The average molecular weight is 501 g/mol. The first-order valence-electron chi connectivity index (χ1n) is 11.5. The van der Waals surface area contributed by atoms with Crippen LogP contribution in [0.5, 0.6) is 5.75 Å². The molecule has 4 aromatic carbocycles. The van der Waals surface area contributed by atoms with Gasteiger partial charge in [0, 0.05) is 0 Å². The number of para-hydroxylation sites is 2. The van der Waals surface area contributed by atoms with Crippen LogP contribution in [0.3, 0.4) is 0 Å². The summed E-state index contributed by atoms with van der Waals surface area (Å²) in [4.78, 5) is 13.5. The first kappa shape index (κ1) is 25.0. The monoisotopic (exact) mass is 500 g/mol. The number of ether oxygens (including phenoxy) is 1. The zero-order chi connectivity index (χ0) is 25.5. The highest BCUT2D eigenvalue weighted by Crippen LogP contribution is 2.32. The third-order valence-corrected chi connectivity index (χ3v) is 7.60. The van der Waals surface area contributed by atoms with Crippen molar-refractivity contribution in [2.24, 2.45) is 0 Å². The molecule has 0 atom stereocenters. The molecule has 1 N–H and O–H groups in total. The highest BCUT2D eigenvalue weighted by atomic mass is 32.2. The molecule has 184 valence electrons. The Morgan fingerprint density at radius 3 is 1.89 bits per heavy atom. The first-order chi connectivity index (χ1) is 17.4. The zero-order valence-electron chi connectivity index (χ0n) is 20.2. The smallest absolute Gasteiger partial charge is 0.264 e. The van der Waals surface area contributed by atoms with Gasteiger partial charge in [0.15, 0.2) is 0 Å². The van der Waals surface area contributed by atoms with Gasteiger partial charge in [0.2, 0.25) is 5.91 Å². The Bertz CT molecular complexity index is 1370. The van der Waals surface area contributed by atoms with Gasteiger partial charge >= 0.3 is 0 Å². The van der Waals surface area contributed by atoms with Crippen LogP contribution < -0.4 is 14.4 Å². The van der Waals surface area contributed by atoms with E-state index in [-0.39, 0.29) is 10.6 Å². The number of nitrogens with zero attached hydrogens (tertiary/aromatic N) is 1. The van der Waals surface area contributed by atoms with Gasteiger partial charge in [-0.25, -0.2) is 8.42 Å². The molecule has 1 amide bonds. The Kier molecular flexibility index (Phi) is 7.71. The van der Waals surface area contributed by atoms with E-state index >= 15 is 0 Å². The molecular formula is C29H28N2O4S. The van der Waals surface area contributed by atoms with Crippen molar-refractivity contribution >= 4 is 21.6 Å². The Labute approximate surface area is 212 Å². The van der Waals surface area contributed by atoms with Crippen LogP contribution in [0.4, 0.5) is 5.69 Å². The van der Waals surface area contributed by atoms with Gasteiger partial charge in [-0.05, 0) is 42.3 Å². The molecule has 0 aliphatic carbocycles. The van der Waals surface area contributed by atoms with Gasteiger partial charge < -0.3 is 10.1 Å². The van der Waals surface area contributed by atoms with Gasteiger partial charge in [-0.3, -0.25) is 9.10 Å². The predicted octanol–water partition coefficient (Wildman–Crippen LogP) is 5.10. The Morgan fingerprint density at radius 1 is 0.806 bits per heavy atom. The molecule has 0 unspecified atom stereocenters. The molecule has 0 heterocycles. The molecule has 0 aliphatic rings. The minimum atomic E-state index is -4.07. The molecule has 0 radical (unpaired) electrons. The van der Waals surface area contributed by atoms with Crippen LogP contribution in [-0.2, 0) is 14.8 Å². The van der Waals surface area contributed by atoms with Gasteiger partial charge in [-0.2, -0.15) is 0 Å². The van der Waals surface area contributed by atoms with Crippen LogP contribution >= 0.6 is 0 Å². The number of benzene rings is 4. The second-order valence-electron chi connectivity index (χ2n) is 8.32. The molecule has 4 aromatic rings. The minimum Gasteiger partial charge on any atom is -0.495 e. The summed E-state index contributed by atoms with van der Waals surface area (Å²) in [5.74, 6) is -0.0991. The van der Waals surface area contributed by atoms with Crippen LogP contribution in [0.15, 0.2) is 114 Å². The van der Waals surface area contributed by atoms with E-state index in [1.165, 1.54) is 7.11 Å². The second-order valence-corrected chi connectivity index (χ2v) is 10.2. The summed E-state index contributed by atoms with van der Waals surface area (Å²) in [7, 11) is -2.60. The Hall–Kier alpha value is -4.10. The van der Waals surface area contributed by atoms with Gasteiger partial charge in [0.1, 0.15) is 12.3 Å². The van der Waals surface area contributed by atoms with Crippen molar-refractivity contribution in [1.29, 1.82) is 0 Å². The highest BCUT2D eigenvalue weighted by Gasteiger charge is 2.30. The van der Waals surface area contributed by atoms with Crippen molar-refractivity contribution in [3.63, 3.8) is 0 Å². The number of sulfonamides is 1. The van der Waals surface area contributed by atoms with Crippen molar-refractivity contribution in [2.75, 3.05) is 18.0 Å². The number of amides is 1. The SMILES string of the molecule is COc1ccccc1N(CC(=O)NC(c1ccccc1)c1ccccc1)S(=O)(=O)c1ccc(C)cc1. The van der Waals surface area contributed by atoms with Crippen LogP contribution in [-0.4, -0.2) is 28.0 Å². The fourth-order valence-corrected chi connectivity index (χ4v) is 5.39. The molecular weight excluding hydrogens is 472 g/mol. The fraction of sp³-hybridized carbons (Fsp3) is 0.138. The number of anilines is 1. The number of hydrogen-bond acceptors (Lipinski definition) is 4. The Morgan fingerprint density at radius 2 is 1.33 bits per heavy atom. The zero-order valence-corrected chi connectivity index (χ0v) is 21.0. The highest BCUT2D eigenvalue weighted by molar-refractivity contribution is 7.92. The van der Waals surface area contributed by atoms with Crippen molar-refractivity contribution in [2.45, 2.75) is 17.9 Å². The van der Waals surface area contributed by atoms with Crippen LogP contribution in [0.2, 0.25) is 0 Å². The maximum Gasteiger partial charge on any atom is 0.264 e. The quantitative estimate of drug-likeness (QED) is 0.347. The number of carbonyl (C=O) groups is 1. The summed E-state index contributed by atoms with van der Waals surface area (Å²) in [6.07, 6.45) is 0. The summed E-state index contributed by atoms with van der Waals surface area (Å²) in [5, 5.41) is 3.03. The van der Waals surface area contributed by atoms with E-state index in [4.69, 9.17) is 4.74 Å². The van der Waals surface area contributed by atoms with Gasteiger partial charge in [0.25, 0.3) is 10.0 Å². The van der Waals surface area contributed by atoms with Crippen molar-refractivity contribution in [3.8, 4) is 5.75 Å². The maximum absolute atomic E-state index is 13.8. The predicted molar refractivity (Wildman–Crippen MR) is 142 cm³/mol. The normalized spacial score (nSPS) is 11.2. The number of nitrogens with one attached hydrogen (secondary N) is 1. The summed E-state index contributed by atoms with van der Waals surface area (Å²) in [6.45, 7) is 1.46. The fourth-order valence-electron chi connectivity index (χ4n) is 3.96. The van der Waals surface area contributed by atoms with E-state index in [1.54, 1.807) is 48.5 Å². The third-order valence-electron chi connectivity index (χ3n) is 5.82. The van der Waals surface area contributed by atoms with Gasteiger partial charge in [-0.15, -0.1) is 0 Å². The summed E-state index contributed by atoms with van der Waals surface area (Å²) >= 11 is 0. The topological polar surface area (TPSA) is 75.7 Å². The lowest BCUT2D eigenvalue weighted by molar-refractivity contribution is -0.120. The number of hydrogen-bond donors (Lipinski definition) is 1. The minimum absolute atomic E-state index is 0.0921. The molecule has 0 spiro atoms. The van der Waals surface area contributed by atoms with E-state index in [9.17, 15) is 13.2 Å². The molecule has 7 heteroatoms. The molecule has 0 bridgehead atoms. The number of carbonyl (C=O) groups excluding carboxylic acids is 1. The number of aryl methyl sites for hydroxylation is 1. The summed E-state index contributed by atoms with van der Waals surface area (Å²) in [5.41, 5.74) is 3.00. The summed E-state index contributed by atoms with van der Waals surface area (Å²) < 4.78 is 34.1. The number of rotatable bonds is 9. The molecule has 0 aliphatic heterocycles. The molecule has 4 rings (SSSR count). The molecule has 0 saturated heterocycles. The largest absolute Gasteiger partial charge is 0.495 e. The van der Waals surface area contributed by atoms with E-state index < -0.39 is 28.5 Å². The maximum atomic E-state index is 13.8. The van der Waals surface area contributed by atoms with Crippen molar-refractivity contribution in [1.82, 2.24) is 5.32 Å². The molecule has 0 fully saturated rings. The van der Waals surface area contributed by atoms with Gasteiger partial charge in [-0.1, -0.05) is 90.5 Å². The Balaban J connectivity index is 1.71.